The first-order chi connectivity index (χ1) is 15.7. The predicted molar refractivity (Wildman–Crippen MR) is 128 cm³/mol. The van der Waals surface area contributed by atoms with Gasteiger partial charge in [-0.2, -0.15) is 0 Å². The second kappa shape index (κ2) is 8.83. The van der Waals surface area contributed by atoms with Gasteiger partial charge in [0.05, 0.1) is 27.2 Å². The van der Waals surface area contributed by atoms with Crippen LogP contribution < -0.4 is 20.6 Å². The van der Waals surface area contributed by atoms with E-state index in [1.54, 1.807) is 18.2 Å². The minimum atomic E-state index is -4.00. The third kappa shape index (κ3) is 4.90. The lowest BCUT2D eigenvalue weighted by atomic mass is 10.1. The first kappa shape index (κ1) is 22.2. The summed E-state index contributed by atoms with van der Waals surface area (Å²) in [4.78, 5) is 31.3. The highest BCUT2D eigenvalue weighted by atomic mass is 32.2. The topological polar surface area (TPSA) is 127 Å². The molecule has 0 radical (unpaired) electrons. The van der Waals surface area contributed by atoms with Gasteiger partial charge in [0, 0.05) is 26.3 Å². The summed E-state index contributed by atoms with van der Waals surface area (Å²) < 4.78 is 28.4. The third-order valence-corrected chi connectivity index (χ3v) is 6.48. The molecule has 0 bridgehead atoms. The van der Waals surface area contributed by atoms with E-state index < -0.39 is 21.6 Å². The Bertz CT molecular complexity index is 1470. The Morgan fingerprint density at radius 2 is 1.64 bits per heavy atom. The molecule has 0 aliphatic heterocycles. The van der Waals surface area contributed by atoms with Crippen LogP contribution in [-0.4, -0.2) is 38.4 Å². The fourth-order valence-electron chi connectivity index (χ4n) is 3.34. The molecule has 0 atom stereocenters. The number of sulfonamides is 1. The van der Waals surface area contributed by atoms with Crippen LogP contribution in [0, 0.1) is 0 Å². The van der Waals surface area contributed by atoms with E-state index in [1.165, 1.54) is 24.3 Å². The van der Waals surface area contributed by atoms with Gasteiger partial charge < -0.3 is 20.2 Å². The molecule has 4 N–H and O–H groups in total. The first-order valence-corrected chi connectivity index (χ1v) is 11.6. The van der Waals surface area contributed by atoms with Gasteiger partial charge in [0.2, 0.25) is 0 Å². The molecule has 0 spiro atoms. The molecule has 33 heavy (non-hydrogen) atoms. The normalized spacial score (nSPS) is 11.3. The number of nitrogens with one attached hydrogen (secondary N) is 4. The van der Waals surface area contributed by atoms with Crippen molar-refractivity contribution in [1.82, 2.24) is 15.3 Å². The molecule has 1 heterocycles. The van der Waals surface area contributed by atoms with Crippen LogP contribution in [0.2, 0.25) is 0 Å². The van der Waals surface area contributed by atoms with Gasteiger partial charge in [-0.25, -0.2) is 13.2 Å². The van der Waals surface area contributed by atoms with Crippen molar-refractivity contribution in [1.29, 1.82) is 0 Å². The number of imidazole rings is 1. The Kier molecular flexibility index (Phi) is 5.93. The lowest BCUT2D eigenvalue weighted by Crippen LogP contribution is -2.25. The molecule has 9 nitrogen and oxygen atoms in total. The molecule has 0 saturated heterocycles. The Labute approximate surface area is 190 Å². The van der Waals surface area contributed by atoms with Crippen LogP contribution in [0.5, 0.6) is 0 Å². The lowest BCUT2D eigenvalue weighted by molar-refractivity contribution is 0.0952. The number of aromatic nitrogens is 2. The standard InChI is InChI=1S/C23H23N5O4S/c1-28(2)16-9-7-15(8-10-16)14-24-22(29)18-5-3-4-6-19(18)27-33(31,32)17-11-12-20-21(13-17)26-23(30)25-20/h3-13,27H,14H2,1-2H3,(H,24,29)(H2,25,26,30). The average Bonchev–Trinajstić information content (AvgIpc) is 3.17. The number of fused-ring (bicyclic) bond motifs is 1. The molecule has 1 amide bonds. The van der Waals surface area contributed by atoms with Crippen LogP contribution in [0.15, 0.2) is 76.4 Å². The first-order valence-electron chi connectivity index (χ1n) is 10.1. The minimum Gasteiger partial charge on any atom is -0.378 e. The van der Waals surface area contributed by atoms with Gasteiger partial charge in [-0.15, -0.1) is 0 Å². The van der Waals surface area contributed by atoms with Crippen LogP contribution in [0.1, 0.15) is 15.9 Å². The molecule has 0 fully saturated rings. The Hall–Kier alpha value is -4.05. The van der Waals surface area contributed by atoms with E-state index in [2.05, 4.69) is 20.0 Å². The third-order valence-electron chi connectivity index (χ3n) is 5.12. The number of para-hydroxylation sites is 1. The minimum absolute atomic E-state index is 0.0403. The Morgan fingerprint density at radius 1 is 0.939 bits per heavy atom. The van der Waals surface area contributed by atoms with E-state index in [1.807, 2.05) is 43.3 Å². The van der Waals surface area contributed by atoms with Crippen molar-refractivity contribution in [3.63, 3.8) is 0 Å². The Balaban J connectivity index is 1.52. The molecule has 10 heteroatoms. The highest BCUT2D eigenvalue weighted by Gasteiger charge is 2.19. The van der Waals surface area contributed by atoms with Gasteiger partial charge in [0.25, 0.3) is 15.9 Å². The number of H-pyrrole nitrogens is 2. The lowest BCUT2D eigenvalue weighted by Gasteiger charge is -2.14. The van der Waals surface area contributed by atoms with Crippen LogP contribution in [-0.2, 0) is 16.6 Å². The summed E-state index contributed by atoms with van der Waals surface area (Å²) >= 11 is 0. The largest absolute Gasteiger partial charge is 0.378 e. The number of carbonyl (C=O) groups excluding carboxylic acids is 1. The Morgan fingerprint density at radius 3 is 2.36 bits per heavy atom. The number of carbonyl (C=O) groups is 1. The molecule has 170 valence electrons. The number of aromatic amines is 2. The van der Waals surface area contributed by atoms with Crippen molar-refractivity contribution in [2.75, 3.05) is 23.7 Å². The molecule has 0 unspecified atom stereocenters. The second-order valence-electron chi connectivity index (χ2n) is 7.68. The summed E-state index contributed by atoms with van der Waals surface area (Å²) in [5.74, 6) is -0.407. The molecule has 0 aliphatic rings. The zero-order valence-corrected chi connectivity index (χ0v) is 18.9. The second-order valence-corrected chi connectivity index (χ2v) is 9.36. The summed E-state index contributed by atoms with van der Waals surface area (Å²) in [6, 6.07) is 18.4. The number of hydrogen-bond donors (Lipinski definition) is 4. The number of amides is 1. The van der Waals surface area contributed by atoms with Crippen molar-refractivity contribution in [3.05, 3.63) is 88.3 Å². The number of hydrogen-bond acceptors (Lipinski definition) is 5. The van der Waals surface area contributed by atoms with Crippen LogP contribution in [0.3, 0.4) is 0 Å². The molecular weight excluding hydrogens is 442 g/mol. The van der Waals surface area contributed by atoms with E-state index in [0.717, 1.165) is 11.3 Å². The maximum atomic E-state index is 12.9. The van der Waals surface area contributed by atoms with Gasteiger partial charge in [-0.1, -0.05) is 24.3 Å². The number of anilines is 2. The molecule has 1 aromatic heterocycles. The monoisotopic (exact) mass is 465 g/mol. The summed E-state index contributed by atoms with van der Waals surface area (Å²) in [5, 5.41) is 2.83. The van der Waals surface area contributed by atoms with Crippen molar-refractivity contribution >= 4 is 38.3 Å². The van der Waals surface area contributed by atoms with Gasteiger partial charge in [-0.3, -0.25) is 9.52 Å². The van der Waals surface area contributed by atoms with Crippen LogP contribution in [0.4, 0.5) is 11.4 Å². The van der Waals surface area contributed by atoms with Gasteiger partial charge in [-0.05, 0) is 48.0 Å². The number of benzene rings is 3. The van der Waals surface area contributed by atoms with E-state index in [9.17, 15) is 18.0 Å². The molecule has 4 aromatic rings. The summed E-state index contributed by atoms with van der Waals surface area (Å²) in [5.41, 5.74) is 2.76. The molecule has 0 aliphatic carbocycles. The summed E-state index contributed by atoms with van der Waals surface area (Å²) in [6.45, 7) is 0.297. The van der Waals surface area contributed by atoms with Crippen LogP contribution >= 0.6 is 0 Å². The van der Waals surface area contributed by atoms with E-state index >= 15 is 0 Å². The van der Waals surface area contributed by atoms with E-state index in [0.29, 0.717) is 17.6 Å². The fraction of sp³-hybridized carbons (Fsp3) is 0.130. The maximum Gasteiger partial charge on any atom is 0.323 e. The van der Waals surface area contributed by atoms with Crippen molar-refractivity contribution in [2.24, 2.45) is 0 Å². The smallest absolute Gasteiger partial charge is 0.323 e. The van der Waals surface area contributed by atoms with Gasteiger partial charge in [0.1, 0.15) is 0 Å². The molecular formula is C23H23N5O4S. The molecule has 3 aromatic carbocycles. The number of rotatable bonds is 7. The fourth-order valence-corrected chi connectivity index (χ4v) is 4.45. The summed E-state index contributed by atoms with van der Waals surface area (Å²) in [7, 11) is -0.104. The predicted octanol–water partition coefficient (Wildman–Crippen LogP) is 2.65. The van der Waals surface area contributed by atoms with Crippen LogP contribution in [0.25, 0.3) is 11.0 Å². The average molecular weight is 466 g/mol. The highest BCUT2D eigenvalue weighted by molar-refractivity contribution is 7.92. The zero-order chi connectivity index (χ0) is 23.6. The molecule has 4 rings (SSSR count). The van der Waals surface area contributed by atoms with E-state index in [-0.39, 0.29) is 16.1 Å². The highest BCUT2D eigenvalue weighted by Crippen LogP contribution is 2.22. The molecule has 0 saturated carbocycles. The van der Waals surface area contributed by atoms with Crippen molar-refractivity contribution in [2.45, 2.75) is 11.4 Å². The number of nitrogens with zero attached hydrogens (tertiary/aromatic N) is 1. The quantitative estimate of drug-likeness (QED) is 0.334. The van der Waals surface area contributed by atoms with Crippen molar-refractivity contribution in [3.8, 4) is 0 Å². The maximum absolute atomic E-state index is 12.9. The van der Waals surface area contributed by atoms with Gasteiger partial charge >= 0.3 is 5.69 Å². The van der Waals surface area contributed by atoms with Gasteiger partial charge in [0.15, 0.2) is 0 Å². The zero-order valence-electron chi connectivity index (χ0n) is 18.0. The van der Waals surface area contributed by atoms with Crippen molar-refractivity contribution < 1.29 is 13.2 Å². The summed E-state index contributed by atoms with van der Waals surface area (Å²) in [6.07, 6.45) is 0. The van der Waals surface area contributed by atoms with E-state index in [4.69, 9.17) is 0 Å². The SMILES string of the molecule is CN(C)c1ccc(CNC(=O)c2ccccc2NS(=O)(=O)c2ccc3[nH]c(=O)[nH]c3c2)cc1.